The highest BCUT2D eigenvalue weighted by atomic mass is 32.1. The number of hydrogen-bond acceptors (Lipinski definition) is 11. The summed E-state index contributed by atoms with van der Waals surface area (Å²) in [6, 6.07) is 5.54. The third-order valence-corrected chi connectivity index (χ3v) is 8.31. The lowest BCUT2D eigenvalue weighted by Gasteiger charge is -2.37. The Kier molecular flexibility index (Phi) is 6.06. The molecule has 0 aliphatic carbocycles. The molecule has 0 radical (unpaired) electrons. The van der Waals surface area contributed by atoms with Gasteiger partial charge in [0.15, 0.2) is 5.76 Å². The molecule has 37 heavy (non-hydrogen) atoms. The van der Waals surface area contributed by atoms with Crippen LogP contribution in [0.3, 0.4) is 0 Å². The highest BCUT2D eigenvalue weighted by Crippen LogP contribution is 2.40. The molecule has 1 saturated heterocycles. The molecule has 0 amide bonds. The second-order valence-electron chi connectivity index (χ2n) is 9.19. The van der Waals surface area contributed by atoms with Crippen LogP contribution in [-0.4, -0.2) is 51.1 Å². The summed E-state index contributed by atoms with van der Waals surface area (Å²) in [5.41, 5.74) is 1.07. The monoisotopic (exact) mass is 542 g/mol. The number of ether oxygens (including phenoxy) is 4. The van der Waals surface area contributed by atoms with Crippen molar-refractivity contribution in [2.45, 2.75) is 51.1 Å². The highest BCUT2D eigenvalue weighted by molar-refractivity contribution is 7.18. The molecule has 0 bridgehead atoms. The number of hydrogen-bond donors (Lipinski definition) is 1. The quantitative estimate of drug-likeness (QED) is 0.302. The predicted octanol–water partition coefficient (Wildman–Crippen LogP) is 5.03. The van der Waals surface area contributed by atoms with Crippen LogP contribution in [0.5, 0.6) is 16.7 Å². The third kappa shape index (κ3) is 4.43. The number of thiazole rings is 1. The molecule has 6 rings (SSSR count). The molecular formula is C25H26N4O6S2. The minimum Gasteiger partial charge on any atom is -0.496 e. The van der Waals surface area contributed by atoms with E-state index in [2.05, 4.69) is 10.1 Å². The molecule has 194 valence electrons. The molecule has 2 unspecified atom stereocenters. The number of methoxy groups -OCH3 is 2. The summed E-state index contributed by atoms with van der Waals surface area (Å²) in [5, 5.41) is 19.6. The van der Waals surface area contributed by atoms with Crippen LogP contribution in [0.15, 0.2) is 34.2 Å². The molecule has 5 aromatic rings. The van der Waals surface area contributed by atoms with E-state index in [9.17, 15) is 5.11 Å². The standard InChI is InChI=1S/C25H26N4O6S2/c1-13-8-25(30,9-14(2)34-13)22-27-15(12-36-22)11-33-19-5-16(31-3)6-20-17(19)7-21(35-20)18-10-26-23-29(18)28-24(32-4)37-23/h5-7,10,12-14,30H,8-9,11H2,1-4H3. The Morgan fingerprint density at radius 2 is 1.97 bits per heavy atom. The Morgan fingerprint density at radius 1 is 1.16 bits per heavy atom. The Balaban J connectivity index is 1.28. The topological polar surface area (TPSA) is 113 Å². The fraction of sp³-hybridized carbons (Fsp3) is 0.400. The predicted molar refractivity (Wildman–Crippen MR) is 139 cm³/mol. The van der Waals surface area contributed by atoms with E-state index in [1.54, 1.807) is 24.9 Å². The average Bonchev–Trinajstić information content (AvgIpc) is 3.64. The molecule has 4 aromatic heterocycles. The van der Waals surface area contributed by atoms with E-state index in [4.69, 9.17) is 28.3 Å². The molecule has 0 saturated carbocycles. The van der Waals surface area contributed by atoms with E-state index in [0.29, 0.717) is 56.5 Å². The first-order chi connectivity index (χ1) is 17.8. The van der Waals surface area contributed by atoms with E-state index in [1.165, 1.54) is 22.7 Å². The maximum atomic E-state index is 11.3. The summed E-state index contributed by atoms with van der Waals surface area (Å²) in [6.45, 7) is 4.19. The van der Waals surface area contributed by atoms with Gasteiger partial charge in [0.1, 0.15) is 40.0 Å². The second kappa shape index (κ2) is 9.28. The number of fused-ring (bicyclic) bond motifs is 2. The van der Waals surface area contributed by atoms with Crippen molar-refractivity contribution >= 4 is 38.6 Å². The Morgan fingerprint density at radius 3 is 2.73 bits per heavy atom. The van der Waals surface area contributed by atoms with Crippen molar-refractivity contribution < 1.29 is 28.5 Å². The SMILES string of the molecule is COc1cc(OCc2csc(C3(O)CC(C)OC(C)C3)n2)c2cc(-c3cnc4sc(OC)nn34)oc2c1. The van der Waals surface area contributed by atoms with E-state index in [0.717, 1.165) is 11.1 Å². The smallest absolute Gasteiger partial charge is 0.294 e. The number of benzene rings is 1. The van der Waals surface area contributed by atoms with Crippen LogP contribution >= 0.6 is 22.7 Å². The van der Waals surface area contributed by atoms with Gasteiger partial charge in [-0.05, 0) is 31.3 Å². The summed E-state index contributed by atoms with van der Waals surface area (Å²) in [5.74, 6) is 1.80. The minimum absolute atomic E-state index is 0.0277. The molecule has 1 aliphatic rings. The van der Waals surface area contributed by atoms with Crippen LogP contribution in [0, 0.1) is 0 Å². The van der Waals surface area contributed by atoms with E-state index >= 15 is 0 Å². The lowest BCUT2D eigenvalue weighted by atomic mass is 9.88. The molecule has 0 spiro atoms. The van der Waals surface area contributed by atoms with Crippen molar-refractivity contribution in [3.05, 3.63) is 40.5 Å². The number of aliphatic hydroxyl groups is 1. The number of rotatable bonds is 7. The first-order valence-corrected chi connectivity index (χ1v) is 13.5. The van der Waals surface area contributed by atoms with Gasteiger partial charge in [-0.25, -0.2) is 9.97 Å². The van der Waals surface area contributed by atoms with Crippen molar-refractivity contribution in [1.82, 2.24) is 19.6 Å². The van der Waals surface area contributed by atoms with E-state index in [-0.39, 0.29) is 18.8 Å². The number of imidazole rings is 1. The van der Waals surface area contributed by atoms with Crippen LogP contribution in [0.1, 0.15) is 37.4 Å². The largest absolute Gasteiger partial charge is 0.496 e. The zero-order valence-electron chi connectivity index (χ0n) is 20.8. The van der Waals surface area contributed by atoms with Crippen molar-refractivity contribution in [1.29, 1.82) is 0 Å². The Bertz CT molecular complexity index is 1560. The zero-order valence-corrected chi connectivity index (χ0v) is 22.4. The average molecular weight is 543 g/mol. The van der Waals surface area contributed by atoms with Gasteiger partial charge in [0.25, 0.3) is 5.19 Å². The van der Waals surface area contributed by atoms with Gasteiger partial charge in [-0.15, -0.1) is 16.4 Å². The van der Waals surface area contributed by atoms with Crippen LogP contribution in [0.4, 0.5) is 0 Å². The normalized spacial score (nSPS) is 22.1. The maximum absolute atomic E-state index is 11.3. The van der Waals surface area contributed by atoms with Gasteiger partial charge >= 0.3 is 0 Å². The molecule has 12 heteroatoms. The Labute approximate surface area is 220 Å². The molecule has 1 aliphatic heterocycles. The van der Waals surface area contributed by atoms with Gasteiger partial charge in [0, 0.05) is 30.4 Å². The zero-order chi connectivity index (χ0) is 25.7. The fourth-order valence-electron chi connectivity index (χ4n) is 4.81. The van der Waals surface area contributed by atoms with Crippen molar-refractivity contribution in [3.8, 4) is 28.1 Å². The molecule has 5 heterocycles. The van der Waals surface area contributed by atoms with Crippen LogP contribution in [0.25, 0.3) is 27.4 Å². The van der Waals surface area contributed by atoms with Gasteiger partial charge in [-0.2, -0.15) is 4.52 Å². The minimum atomic E-state index is -0.988. The van der Waals surface area contributed by atoms with Gasteiger partial charge < -0.3 is 28.5 Å². The third-order valence-electron chi connectivity index (χ3n) is 6.34. The van der Waals surface area contributed by atoms with Crippen LogP contribution in [0.2, 0.25) is 0 Å². The molecular weight excluding hydrogens is 516 g/mol. The molecule has 1 N–H and O–H groups in total. The summed E-state index contributed by atoms with van der Waals surface area (Å²) in [4.78, 5) is 9.82. The van der Waals surface area contributed by atoms with Crippen molar-refractivity contribution in [2.75, 3.05) is 14.2 Å². The number of furan rings is 1. The molecule has 1 fully saturated rings. The van der Waals surface area contributed by atoms with Gasteiger partial charge in [0.2, 0.25) is 4.96 Å². The lowest BCUT2D eigenvalue weighted by Crippen LogP contribution is -2.41. The van der Waals surface area contributed by atoms with Gasteiger partial charge in [0.05, 0.1) is 43.7 Å². The summed E-state index contributed by atoms with van der Waals surface area (Å²) < 4.78 is 30.6. The molecule has 10 nitrogen and oxygen atoms in total. The summed E-state index contributed by atoms with van der Waals surface area (Å²) in [7, 11) is 3.17. The lowest BCUT2D eigenvalue weighted by molar-refractivity contribution is -0.135. The summed E-state index contributed by atoms with van der Waals surface area (Å²) in [6.07, 6.45) is 2.70. The van der Waals surface area contributed by atoms with Crippen LogP contribution < -0.4 is 14.2 Å². The Hall–Kier alpha value is -3.19. The maximum Gasteiger partial charge on any atom is 0.294 e. The molecule has 2 atom stereocenters. The van der Waals surface area contributed by atoms with Gasteiger partial charge in [-0.3, -0.25) is 0 Å². The van der Waals surface area contributed by atoms with Crippen LogP contribution in [-0.2, 0) is 16.9 Å². The fourth-order valence-corrected chi connectivity index (χ4v) is 6.43. The second-order valence-corrected chi connectivity index (χ2v) is 11.0. The number of aromatic nitrogens is 4. The first-order valence-electron chi connectivity index (χ1n) is 11.8. The van der Waals surface area contributed by atoms with Crippen molar-refractivity contribution in [3.63, 3.8) is 0 Å². The van der Waals surface area contributed by atoms with Crippen molar-refractivity contribution in [2.24, 2.45) is 0 Å². The number of nitrogens with zero attached hydrogens (tertiary/aromatic N) is 4. The van der Waals surface area contributed by atoms with E-state index in [1.807, 2.05) is 37.4 Å². The summed E-state index contributed by atoms with van der Waals surface area (Å²) >= 11 is 2.79. The van der Waals surface area contributed by atoms with E-state index < -0.39 is 5.60 Å². The first kappa shape index (κ1) is 24.2. The van der Waals surface area contributed by atoms with Gasteiger partial charge in [-0.1, -0.05) is 0 Å². The highest BCUT2D eigenvalue weighted by Gasteiger charge is 2.40. The molecule has 1 aromatic carbocycles.